The van der Waals surface area contributed by atoms with Gasteiger partial charge >= 0.3 is 0 Å². The Labute approximate surface area is 127 Å². The van der Waals surface area contributed by atoms with Gasteiger partial charge in [0.1, 0.15) is 0 Å². The number of anilines is 1. The number of aryl methyl sites for hydroxylation is 1. The van der Waals surface area contributed by atoms with Crippen molar-refractivity contribution in [2.45, 2.75) is 6.92 Å². The van der Waals surface area contributed by atoms with E-state index in [1.165, 1.54) is 4.90 Å². The molecule has 0 spiro atoms. The third kappa shape index (κ3) is 2.62. The summed E-state index contributed by atoms with van der Waals surface area (Å²) in [5.41, 5.74) is 2.63. The molecule has 1 heterocycles. The van der Waals surface area contributed by atoms with Gasteiger partial charge in [-0.15, -0.1) is 0 Å². The van der Waals surface area contributed by atoms with E-state index in [1.54, 1.807) is 18.2 Å². The standard InChI is InChI=1S/C17H13NO2S/c1-12-7-5-6-8-13(12)11-15-16(19)18(17(20)21-15)14-9-3-2-4-10-14/h2-11H,1H3/b15-11-. The van der Waals surface area contributed by atoms with Crippen molar-refractivity contribution < 1.29 is 9.59 Å². The number of rotatable bonds is 2. The highest BCUT2D eigenvalue weighted by Gasteiger charge is 2.36. The Morgan fingerprint density at radius 2 is 1.62 bits per heavy atom. The summed E-state index contributed by atoms with van der Waals surface area (Å²) in [6.07, 6.45) is 1.78. The third-order valence-corrected chi connectivity index (χ3v) is 4.15. The first-order valence-corrected chi connectivity index (χ1v) is 7.37. The topological polar surface area (TPSA) is 37.4 Å². The number of benzene rings is 2. The predicted octanol–water partition coefficient (Wildman–Crippen LogP) is 4.24. The van der Waals surface area contributed by atoms with Crippen molar-refractivity contribution in [1.82, 2.24) is 0 Å². The van der Waals surface area contributed by atoms with Gasteiger partial charge in [0.15, 0.2) is 0 Å². The predicted molar refractivity (Wildman–Crippen MR) is 86.1 cm³/mol. The van der Waals surface area contributed by atoms with Crippen molar-refractivity contribution in [2.75, 3.05) is 4.90 Å². The van der Waals surface area contributed by atoms with Crippen LogP contribution in [0.2, 0.25) is 0 Å². The Kier molecular flexibility index (Phi) is 3.62. The molecule has 1 aliphatic heterocycles. The maximum absolute atomic E-state index is 12.4. The van der Waals surface area contributed by atoms with Crippen molar-refractivity contribution in [3.8, 4) is 0 Å². The van der Waals surface area contributed by atoms with Crippen LogP contribution in [-0.2, 0) is 4.79 Å². The van der Waals surface area contributed by atoms with Crippen LogP contribution in [0.3, 0.4) is 0 Å². The molecule has 2 amide bonds. The van der Waals surface area contributed by atoms with Gasteiger partial charge in [-0.3, -0.25) is 9.59 Å². The number of imide groups is 1. The molecule has 0 unspecified atom stereocenters. The summed E-state index contributed by atoms with van der Waals surface area (Å²) in [5, 5.41) is -0.258. The van der Waals surface area contributed by atoms with E-state index in [9.17, 15) is 9.59 Å². The summed E-state index contributed by atoms with van der Waals surface area (Å²) < 4.78 is 0. The van der Waals surface area contributed by atoms with E-state index < -0.39 is 0 Å². The smallest absolute Gasteiger partial charge is 0.268 e. The van der Waals surface area contributed by atoms with Gasteiger partial charge < -0.3 is 0 Å². The molecule has 2 aromatic carbocycles. The lowest BCUT2D eigenvalue weighted by molar-refractivity contribution is -0.113. The molecule has 1 fully saturated rings. The van der Waals surface area contributed by atoms with E-state index in [0.717, 1.165) is 22.9 Å². The Morgan fingerprint density at radius 1 is 0.952 bits per heavy atom. The summed E-state index contributed by atoms with van der Waals surface area (Å²) in [6.45, 7) is 1.98. The first-order chi connectivity index (χ1) is 10.2. The van der Waals surface area contributed by atoms with Crippen LogP contribution >= 0.6 is 11.8 Å². The number of thioether (sulfide) groups is 1. The number of hydrogen-bond acceptors (Lipinski definition) is 3. The van der Waals surface area contributed by atoms with Crippen LogP contribution in [0.4, 0.5) is 10.5 Å². The zero-order valence-corrected chi connectivity index (χ0v) is 12.3. The van der Waals surface area contributed by atoms with E-state index in [2.05, 4.69) is 0 Å². The second kappa shape index (κ2) is 5.58. The number of carbonyl (C=O) groups excluding carboxylic acids is 2. The van der Waals surface area contributed by atoms with Gasteiger partial charge in [-0.25, -0.2) is 4.90 Å². The molecule has 0 bridgehead atoms. The summed E-state index contributed by atoms with van der Waals surface area (Å²) >= 11 is 0.979. The number of amides is 2. The third-order valence-electron chi connectivity index (χ3n) is 3.28. The SMILES string of the molecule is Cc1ccccc1/C=C1\SC(=O)N(c2ccccc2)C1=O. The molecule has 0 aromatic heterocycles. The molecule has 0 aliphatic carbocycles. The van der Waals surface area contributed by atoms with Gasteiger partial charge in [-0.2, -0.15) is 0 Å². The van der Waals surface area contributed by atoms with E-state index in [4.69, 9.17) is 0 Å². The maximum Gasteiger partial charge on any atom is 0.298 e. The fourth-order valence-electron chi connectivity index (χ4n) is 2.16. The van der Waals surface area contributed by atoms with E-state index >= 15 is 0 Å². The minimum absolute atomic E-state index is 0.258. The van der Waals surface area contributed by atoms with Crippen molar-refractivity contribution in [2.24, 2.45) is 0 Å². The van der Waals surface area contributed by atoms with Crippen LogP contribution in [-0.4, -0.2) is 11.1 Å². The summed E-state index contributed by atoms with van der Waals surface area (Å²) in [4.78, 5) is 26.2. The zero-order valence-electron chi connectivity index (χ0n) is 11.4. The Balaban J connectivity index is 1.96. The van der Waals surface area contributed by atoms with Gasteiger partial charge in [-0.1, -0.05) is 42.5 Å². The average molecular weight is 295 g/mol. The minimum atomic E-state index is -0.264. The molecule has 3 rings (SSSR count). The molecule has 104 valence electrons. The molecule has 2 aromatic rings. The molecular weight excluding hydrogens is 282 g/mol. The second-order valence-corrected chi connectivity index (χ2v) is 5.70. The molecule has 1 saturated heterocycles. The number of nitrogens with zero attached hydrogens (tertiary/aromatic N) is 1. The van der Waals surface area contributed by atoms with Crippen molar-refractivity contribution in [1.29, 1.82) is 0 Å². The Bertz CT molecular complexity index is 737. The molecule has 1 aliphatic rings. The van der Waals surface area contributed by atoms with Crippen LogP contribution in [0, 0.1) is 6.92 Å². The molecule has 21 heavy (non-hydrogen) atoms. The van der Waals surface area contributed by atoms with Gasteiger partial charge in [0.25, 0.3) is 11.1 Å². The molecule has 4 heteroatoms. The highest BCUT2D eigenvalue weighted by molar-refractivity contribution is 8.19. The maximum atomic E-state index is 12.4. The fraction of sp³-hybridized carbons (Fsp3) is 0.0588. The lowest BCUT2D eigenvalue weighted by Gasteiger charge is -2.11. The van der Waals surface area contributed by atoms with Gasteiger partial charge in [0.2, 0.25) is 0 Å². The quantitative estimate of drug-likeness (QED) is 0.778. The van der Waals surface area contributed by atoms with E-state index in [0.29, 0.717) is 10.6 Å². The summed E-state index contributed by atoms with van der Waals surface area (Å²) in [6, 6.07) is 16.8. The first kappa shape index (κ1) is 13.6. The van der Waals surface area contributed by atoms with Gasteiger partial charge in [0, 0.05) is 0 Å². The Hall–Kier alpha value is -2.33. The highest BCUT2D eigenvalue weighted by Crippen LogP contribution is 2.35. The minimum Gasteiger partial charge on any atom is -0.268 e. The average Bonchev–Trinajstić information content (AvgIpc) is 2.77. The van der Waals surface area contributed by atoms with Crippen molar-refractivity contribution in [3.05, 3.63) is 70.6 Å². The van der Waals surface area contributed by atoms with Crippen LogP contribution in [0.1, 0.15) is 11.1 Å². The largest absolute Gasteiger partial charge is 0.298 e. The lowest BCUT2D eigenvalue weighted by Crippen LogP contribution is -2.27. The highest BCUT2D eigenvalue weighted by atomic mass is 32.2. The second-order valence-electron chi connectivity index (χ2n) is 4.71. The normalized spacial score (nSPS) is 16.8. The number of para-hydroxylation sites is 1. The van der Waals surface area contributed by atoms with Crippen LogP contribution < -0.4 is 4.90 Å². The molecule has 0 atom stereocenters. The number of carbonyl (C=O) groups is 2. The van der Waals surface area contributed by atoms with Crippen LogP contribution in [0.5, 0.6) is 0 Å². The molecule has 0 saturated carbocycles. The van der Waals surface area contributed by atoms with Crippen LogP contribution in [0.25, 0.3) is 6.08 Å². The van der Waals surface area contributed by atoms with E-state index in [-0.39, 0.29) is 11.1 Å². The summed E-state index contributed by atoms with van der Waals surface area (Å²) in [5.74, 6) is -0.264. The molecule has 0 radical (unpaired) electrons. The van der Waals surface area contributed by atoms with E-state index in [1.807, 2.05) is 49.4 Å². The van der Waals surface area contributed by atoms with Gasteiger partial charge in [0.05, 0.1) is 10.6 Å². The molecule has 3 nitrogen and oxygen atoms in total. The molecule has 0 N–H and O–H groups in total. The zero-order chi connectivity index (χ0) is 14.8. The summed E-state index contributed by atoms with van der Waals surface area (Å²) in [7, 11) is 0. The Morgan fingerprint density at radius 3 is 2.33 bits per heavy atom. The number of hydrogen-bond donors (Lipinski definition) is 0. The van der Waals surface area contributed by atoms with Gasteiger partial charge in [-0.05, 0) is 48.0 Å². The van der Waals surface area contributed by atoms with Crippen LogP contribution in [0.15, 0.2) is 59.5 Å². The fourth-order valence-corrected chi connectivity index (χ4v) is 2.99. The monoisotopic (exact) mass is 295 g/mol. The molecular formula is C17H13NO2S. The van der Waals surface area contributed by atoms with Crippen molar-refractivity contribution >= 4 is 34.7 Å². The van der Waals surface area contributed by atoms with Crippen molar-refractivity contribution in [3.63, 3.8) is 0 Å². The lowest BCUT2D eigenvalue weighted by atomic mass is 10.1. The first-order valence-electron chi connectivity index (χ1n) is 6.55.